The topological polar surface area (TPSA) is 90.0 Å². The number of anilines is 1. The molecule has 3 rings (SSSR count). The zero-order valence-corrected chi connectivity index (χ0v) is 14.9. The predicted octanol–water partition coefficient (Wildman–Crippen LogP) is 2.82. The molecule has 0 saturated carbocycles. The number of nitrogens with zero attached hydrogens (tertiary/aromatic N) is 3. The second kappa shape index (κ2) is 6.16. The van der Waals surface area contributed by atoms with E-state index >= 15 is 0 Å². The third-order valence-corrected chi connectivity index (χ3v) is 4.52. The maximum absolute atomic E-state index is 12.8. The van der Waals surface area contributed by atoms with E-state index < -0.39 is 6.04 Å². The fourth-order valence-corrected chi connectivity index (χ4v) is 2.85. The molecular weight excluding hydrogens is 320 g/mol. The molecule has 1 amide bonds. The van der Waals surface area contributed by atoms with E-state index in [2.05, 4.69) is 15.5 Å². The fourth-order valence-electron chi connectivity index (χ4n) is 2.85. The highest BCUT2D eigenvalue weighted by Gasteiger charge is 2.23. The molecule has 7 nitrogen and oxygen atoms in total. The van der Waals surface area contributed by atoms with Crippen LogP contribution >= 0.6 is 0 Å². The smallest absolute Gasteiger partial charge is 0.267 e. The first-order valence-electron chi connectivity index (χ1n) is 8.03. The average molecular weight is 340 g/mol. The summed E-state index contributed by atoms with van der Waals surface area (Å²) in [6, 6.07) is 4.98. The number of carbonyl (C=O) groups excluding carboxylic acids is 1. The molecular formula is C18H20N4O3. The molecule has 2 aromatic heterocycles. The highest BCUT2D eigenvalue weighted by Crippen LogP contribution is 2.20. The van der Waals surface area contributed by atoms with Crippen molar-refractivity contribution in [1.29, 1.82) is 0 Å². The van der Waals surface area contributed by atoms with Crippen molar-refractivity contribution in [3.63, 3.8) is 0 Å². The van der Waals surface area contributed by atoms with Gasteiger partial charge >= 0.3 is 0 Å². The summed E-state index contributed by atoms with van der Waals surface area (Å²) in [6.45, 7) is 8.94. The van der Waals surface area contributed by atoms with Crippen molar-refractivity contribution in [2.24, 2.45) is 0 Å². The monoisotopic (exact) mass is 340 g/mol. The van der Waals surface area contributed by atoms with Gasteiger partial charge in [0.15, 0.2) is 0 Å². The van der Waals surface area contributed by atoms with Gasteiger partial charge in [-0.05, 0) is 51.8 Å². The first-order chi connectivity index (χ1) is 11.8. The summed E-state index contributed by atoms with van der Waals surface area (Å²) in [7, 11) is 0. The van der Waals surface area contributed by atoms with Gasteiger partial charge in [-0.15, -0.1) is 0 Å². The Hall–Kier alpha value is -2.96. The summed E-state index contributed by atoms with van der Waals surface area (Å²) < 4.78 is 6.42. The number of rotatable bonds is 3. The van der Waals surface area contributed by atoms with Gasteiger partial charge in [-0.25, -0.2) is 0 Å². The second-order valence-electron chi connectivity index (χ2n) is 6.20. The van der Waals surface area contributed by atoms with E-state index in [0.29, 0.717) is 16.9 Å². The van der Waals surface area contributed by atoms with Gasteiger partial charge in [-0.2, -0.15) is 4.98 Å². The van der Waals surface area contributed by atoms with Crippen molar-refractivity contribution in [1.82, 2.24) is 14.7 Å². The summed E-state index contributed by atoms with van der Waals surface area (Å²) in [5.74, 6) is 0.117. The summed E-state index contributed by atoms with van der Waals surface area (Å²) in [6.07, 6.45) is 0. The van der Waals surface area contributed by atoms with Crippen molar-refractivity contribution < 1.29 is 9.32 Å². The Morgan fingerprint density at radius 2 is 1.96 bits per heavy atom. The Labute approximate surface area is 144 Å². The molecule has 1 atom stereocenters. The van der Waals surface area contributed by atoms with Crippen LogP contribution in [0.3, 0.4) is 0 Å². The van der Waals surface area contributed by atoms with E-state index in [1.165, 1.54) is 4.57 Å². The second-order valence-corrected chi connectivity index (χ2v) is 6.20. The lowest BCUT2D eigenvalue weighted by Crippen LogP contribution is -2.34. The van der Waals surface area contributed by atoms with E-state index in [0.717, 1.165) is 16.8 Å². The number of aromatic nitrogens is 3. The van der Waals surface area contributed by atoms with Gasteiger partial charge in [0, 0.05) is 5.69 Å². The minimum absolute atomic E-state index is 0.193. The Kier molecular flexibility index (Phi) is 4.16. The number of fused-ring (bicyclic) bond motifs is 1. The van der Waals surface area contributed by atoms with Crippen LogP contribution < -0.4 is 10.9 Å². The van der Waals surface area contributed by atoms with Gasteiger partial charge < -0.3 is 9.84 Å². The molecule has 0 bridgehead atoms. The first kappa shape index (κ1) is 16.9. The molecule has 0 aliphatic rings. The van der Waals surface area contributed by atoms with Gasteiger partial charge in [0.25, 0.3) is 11.3 Å². The third-order valence-electron chi connectivity index (χ3n) is 4.52. The van der Waals surface area contributed by atoms with Crippen LogP contribution in [0.4, 0.5) is 5.69 Å². The van der Waals surface area contributed by atoms with Crippen molar-refractivity contribution in [3.8, 4) is 0 Å². The number of carbonyl (C=O) groups is 1. The number of hydrogen-bond donors (Lipinski definition) is 1. The van der Waals surface area contributed by atoms with Crippen LogP contribution in [-0.2, 0) is 4.79 Å². The third kappa shape index (κ3) is 2.82. The van der Waals surface area contributed by atoms with Crippen LogP contribution in [0.5, 0.6) is 0 Å². The fraction of sp³-hybridized carbons (Fsp3) is 0.333. The van der Waals surface area contributed by atoms with Crippen molar-refractivity contribution in [2.45, 2.75) is 40.7 Å². The van der Waals surface area contributed by atoms with Crippen LogP contribution in [-0.4, -0.2) is 20.6 Å². The average Bonchev–Trinajstić information content (AvgIpc) is 2.92. The zero-order chi connectivity index (χ0) is 18.3. The molecule has 7 heteroatoms. The van der Waals surface area contributed by atoms with Gasteiger partial charge in [0.05, 0.1) is 5.69 Å². The van der Waals surface area contributed by atoms with E-state index in [-0.39, 0.29) is 17.2 Å². The minimum Gasteiger partial charge on any atom is -0.335 e. The SMILES string of the molecule is Cc1cccc(NC(=O)C(C)n2c(C)nc3onc(C)c3c2=O)c1C. The molecule has 0 aliphatic carbocycles. The van der Waals surface area contributed by atoms with Crippen LogP contribution in [0.2, 0.25) is 0 Å². The lowest BCUT2D eigenvalue weighted by Gasteiger charge is -2.18. The highest BCUT2D eigenvalue weighted by atomic mass is 16.5. The van der Waals surface area contributed by atoms with Gasteiger partial charge in [0.2, 0.25) is 5.91 Å². The normalized spacial score (nSPS) is 12.4. The first-order valence-corrected chi connectivity index (χ1v) is 8.03. The maximum atomic E-state index is 12.8. The molecule has 0 saturated heterocycles. The lowest BCUT2D eigenvalue weighted by atomic mass is 10.1. The highest BCUT2D eigenvalue weighted by molar-refractivity contribution is 5.94. The number of nitrogens with one attached hydrogen (secondary N) is 1. The molecule has 0 aliphatic heterocycles. The van der Waals surface area contributed by atoms with Crippen LogP contribution in [0.15, 0.2) is 27.5 Å². The van der Waals surface area contributed by atoms with Gasteiger partial charge in [-0.1, -0.05) is 17.3 Å². The molecule has 1 unspecified atom stereocenters. The van der Waals surface area contributed by atoms with E-state index in [1.807, 2.05) is 32.0 Å². The molecule has 0 fully saturated rings. The molecule has 0 spiro atoms. The van der Waals surface area contributed by atoms with Crippen molar-refractivity contribution in [2.75, 3.05) is 5.32 Å². The molecule has 1 N–H and O–H groups in total. The van der Waals surface area contributed by atoms with E-state index in [4.69, 9.17) is 4.52 Å². The van der Waals surface area contributed by atoms with Crippen LogP contribution in [0.25, 0.3) is 11.1 Å². The maximum Gasteiger partial charge on any atom is 0.267 e. The van der Waals surface area contributed by atoms with Crippen LogP contribution in [0, 0.1) is 27.7 Å². The number of amides is 1. The Morgan fingerprint density at radius 1 is 1.24 bits per heavy atom. The molecule has 0 radical (unpaired) electrons. The molecule has 2 heterocycles. The lowest BCUT2D eigenvalue weighted by molar-refractivity contribution is -0.118. The summed E-state index contributed by atoms with van der Waals surface area (Å²) in [4.78, 5) is 29.7. The van der Waals surface area contributed by atoms with Gasteiger partial charge in [-0.3, -0.25) is 14.2 Å². The molecule has 130 valence electrons. The Bertz CT molecular complexity index is 1030. The van der Waals surface area contributed by atoms with E-state index in [9.17, 15) is 9.59 Å². The molecule has 1 aromatic carbocycles. The number of aryl methyl sites for hydroxylation is 3. The molecule has 25 heavy (non-hydrogen) atoms. The van der Waals surface area contributed by atoms with E-state index in [1.54, 1.807) is 20.8 Å². The zero-order valence-electron chi connectivity index (χ0n) is 14.9. The van der Waals surface area contributed by atoms with Crippen LogP contribution in [0.1, 0.15) is 35.6 Å². The summed E-state index contributed by atoms with van der Waals surface area (Å²) in [5.41, 5.74) is 3.14. The predicted molar refractivity (Wildman–Crippen MR) is 94.8 cm³/mol. The summed E-state index contributed by atoms with van der Waals surface area (Å²) in [5, 5.41) is 6.98. The quantitative estimate of drug-likeness (QED) is 0.792. The number of hydrogen-bond acceptors (Lipinski definition) is 5. The Balaban J connectivity index is 2.00. The standard InChI is InChI=1S/C18H20N4O3/c1-9-7-6-8-14(10(9)2)20-16(23)12(4)22-13(5)19-17-15(18(22)24)11(3)21-25-17/h6-8,12H,1-5H3,(H,20,23). The minimum atomic E-state index is -0.724. The van der Waals surface area contributed by atoms with Crippen molar-refractivity contribution >= 4 is 22.7 Å². The molecule has 3 aromatic rings. The summed E-state index contributed by atoms with van der Waals surface area (Å²) >= 11 is 0. The largest absolute Gasteiger partial charge is 0.335 e. The van der Waals surface area contributed by atoms with Gasteiger partial charge in [0.1, 0.15) is 17.3 Å². The van der Waals surface area contributed by atoms with Crippen molar-refractivity contribution in [3.05, 3.63) is 51.2 Å². The number of benzene rings is 1. The Morgan fingerprint density at radius 3 is 2.68 bits per heavy atom.